The molecule has 1 aliphatic rings. The van der Waals surface area contributed by atoms with Gasteiger partial charge in [-0.05, 0) is 24.6 Å². The fourth-order valence-electron chi connectivity index (χ4n) is 1.99. The summed E-state index contributed by atoms with van der Waals surface area (Å²) in [6, 6.07) is 5.48. The molecule has 0 saturated carbocycles. The van der Waals surface area contributed by atoms with Crippen molar-refractivity contribution in [3.8, 4) is 5.75 Å². The molecule has 0 bridgehead atoms. The molecule has 20 heavy (non-hydrogen) atoms. The molecular weight excluding hydrogens is 282 g/mol. The number of thiol groups is 1. The lowest BCUT2D eigenvalue weighted by atomic mass is 10.1. The van der Waals surface area contributed by atoms with Crippen LogP contribution in [0.1, 0.15) is 5.56 Å². The van der Waals surface area contributed by atoms with Gasteiger partial charge in [0, 0.05) is 7.05 Å². The quantitative estimate of drug-likeness (QED) is 0.509. The summed E-state index contributed by atoms with van der Waals surface area (Å²) >= 11 is 4.01. The van der Waals surface area contributed by atoms with E-state index in [1.807, 2.05) is 19.1 Å². The SMILES string of the molecule is CNc1cc(C)ccc1OC1OC(S)C(O)C(O)C1O. The van der Waals surface area contributed by atoms with Crippen molar-refractivity contribution < 1.29 is 24.8 Å². The van der Waals surface area contributed by atoms with E-state index in [2.05, 4.69) is 17.9 Å². The zero-order chi connectivity index (χ0) is 14.9. The van der Waals surface area contributed by atoms with Crippen LogP contribution in [0.2, 0.25) is 0 Å². The molecule has 1 fully saturated rings. The van der Waals surface area contributed by atoms with E-state index < -0.39 is 30.0 Å². The van der Waals surface area contributed by atoms with E-state index in [1.54, 1.807) is 13.1 Å². The fourth-order valence-corrected chi connectivity index (χ4v) is 2.29. The molecule has 7 heteroatoms. The van der Waals surface area contributed by atoms with Crippen LogP contribution in [0.15, 0.2) is 18.2 Å². The number of nitrogens with one attached hydrogen (secondary N) is 1. The highest BCUT2D eigenvalue weighted by Crippen LogP contribution is 2.30. The minimum absolute atomic E-state index is 0.478. The number of hydrogen-bond acceptors (Lipinski definition) is 7. The van der Waals surface area contributed by atoms with Crippen molar-refractivity contribution in [3.63, 3.8) is 0 Å². The fraction of sp³-hybridized carbons (Fsp3) is 0.538. The van der Waals surface area contributed by atoms with Crippen LogP contribution in [-0.4, -0.2) is 52.4 Å². The first-order valence-corrected chi connectivity index (χ1v) is 6.78. The third kappa shape index (κ3) is 3.02. The summed E-state index contributed by atoms with van der Waals surface area (Å²) in [7, 11) is 1.75. The molecule has 6 nitrogen and oxygen atoms in total. The molecule has 4 N–H and O–H groups in total. The number of benzene rings is 1. The third-order valence-electron chi connectivity index (χ3n) is 3.19. The van der Waals surface area contributed by atoms with E-state index in [0.717, 1.165) is 11.3 Å². The van der Waals surface area contributed by atoms with Crippen LogP contribution in [0.3, 0.4) is 0 Å². The number of hydrogen-bond donors (Lipinski definition) is 5. The zero-order valence-corrected chi connectivity index (χ0v) is 12.1. The zero-order valence-electron chi connectivity index (χ0n) is 11.2. The number of aryl methyl sites for hydroxylation is 1. The maximum absolute atomic E-state index is 9.89. The summed E-state index contributed by atoms with van der Waals surface area (Å²) in [4.78, 5) is 0. The highest BCUT2D eigenvalue weighted by molar-refractivity contribution is 7.80. The molecule has 1 aromatic carbocycles. The average Bonchev–Trinajstić information content (AvgIpc) is 2.44. The van der Waals surface area contributed by atoms with Gasteiger partial charge in [-0.1, -0.05) is 6.07 Å². The van der Waals surface area contributed by atoms with Crippen LogP contribution >= 0.6 is 12.6 Å². The Balaban J connectivity index is 2.17. The van der Waals surface area contributed by atoms with Gasteiger partial charge in [-0.2, -0.15) is 0 Å². The molecule has 0 aromatic heterocycles. The predicted octanol–water partition coefficient (Wildman–Crippen LogP) is 0.110. The Morgan fingerprint density at radius 1 is 1.20 bits per heavy atom. The Morgan fingerprint density at radius 2 is 1.90 bits per heavy atom. The minimum atomic E-state index is -1.38. The number of rotatable bonds is 3. The second-order valence-corrected chi connectivity index (χ2v) is 5.24. The van der Waals surface area contributed by atoms with Crippen molar-refractivity contribution in [2.24, 2.45) is 0 Å². The third-order valence-corrected chi connectivity index (χ3v) is 3.62. The highest BCUT2D eigenvalue weighted by Gasteiger charge is 2.43. The molecule has 0 aliphatic carbocycles. The van der Waals surface area contributed by atoms with Gasteiger partial charge in [-0.3, -0.25) is 0 Å². The van der Waals surface area contributed by atoms with Crippen molar-refractivity contribution in [1.29, 1.82) is 0 Å². The van der Waals surface area contributed by atoms with Crippen LogP contribution in [-0.2, 0) is 4.74 Å². The Morgan fingerprint density at radius 3 is 2.55 bits per heavy atom. The Labute approximate surface area is 122 Å². The van der Waals surface area contributed by atoms with Gasteiger partial charge in [0.2, 0.25) is 6.29 Å². The number of ether oxygens (including phenoxy) is 2. The molecule has 0 amide bonds. The van der Waals surface area contributed by atoms with E-state index in [9.17, 15) is 15.3 Å². The first-order valence-electron chi connectivity index (χ1n) is 6.27. The lowest BCUT2D eigenvalue weighted by Crippen LogP contribution is -2.57. The monoisotopic (exact) mass is 301 g/mol. The van der Waals surface area contributed by atoms with Gasteiger partial charge < -0.3 is 30.1 Å². The van der Waals surface area contributed by atoms with Crippen molar-refractivity contribution in [1.82, 2.24) is 0 Å². The lowest BCUT2D eigenvalue weighted by molar-refractivity contribution is -0.251. The van der Waals surface area contributed by atoms with Crippen molar-refractivity contribution in [3.05, 3.63) is 23.8 Å². The van der Waals surface area contributed by atoms with Gasteiger partial charge in [-0.15, -0.1) is 12.6 Å². The van der Waals surface area contributed by atoms with Gasteiger partial charge in [0.05, 0.1) is 5.69 Å². The summed E-state index contributed by atoms with van der Waals surface area (Å²) in [6.07, 6.45) is -5.11. The van der Waals surface area contributed by atoms with E-state index >= 15 is 0 Å². The topological polar surface area (TPSA) is 91.2 Å². The lowest BCUT2D eigenvalue weighted by Gasteiger charge is -2.38. The van der Waals surface area contributed by atoms with Gasteiger partial charge >= 0.3 is 0 Å². The summed E-state index contributed by atoms with van der Waals surface area (Å²) in [5.41, 5.74) is 0.855. The van der Waals surface area contributed by atoms with Gasteiger partial charge in [-0.25, -0.2) is 0 Å². The molecule has 112 valence electrons. The van der Waals surface area contributed by atoms with Crippen LogP contribution in [0.4, 0.5) is 5.69 Å². The van der Waals surface area contributed by atoms with Crippen LogP contribution in [0, 0.1) is 6.92 Å². The van der Waals surface area contributed by atoms with E-state index in [4.69, 9.17) is 9.47 Å². The molecule has 5 unspecified atom stereocenters. The van der Waals surface area contributed by atoms with Gasteiger partial charge in [0.1, 0.15) is 29.5 Å². The second-order valence-electron chi connectivity index (χ2n) is 4.73. The second kappa shape index (κ2) is 6.19. The standard InChI is InChI=1S/C13H19NO5S/c1-6-3-4-8(7(5-6)14-2)18-12-10(16)9(15)11(17)13(20)19-12/h3-5,9-17,20H,1-2H3. The maximum Gasteiger partial charge on any atom is 0.230 e. The molecule has 1 saturated heterocycles. The highest BCUT2D eigenvalue weighted by atomic mass is 32.1. The van der Waals surface area contributed by atoms with Crippen molar-refractivity contribution in [2.45, 2.75) is 37.0 Å². The molecule has 0 spiro atoms. The molecule has 1 heterocycles. The van der Waals surface area contributed by atoms with Gasteiger partial charge in [0.15, 0.2) is 0 Å². The van der Waals surface area contributed by atoms with E-state index in [0.29, 0.717) is 5.75 Å². The summed E-state index contributed by atoms with van der Waals surface area (Å²) < 4.78 is 10.8. The number of aliphatic hydroxyl groups is 3. The molecule has 0 radical (unpaired) electrons. The summed E-state index contributed by atoms with van der Waals surface area (Å²) in [5.74, 6) is 0.478. The Kier molecular flexibility index (Phi) is 4.77. The van der Waals surface area contributed by atoms with Crippen LogP contribution in [0.25, 0.3) is 0 Å². The van der Waals surface area contributed by atoms with Crippen LogP contribution in [0.5, 0.6) is 5.75 Å². The Hall–Kier alpha value is -0.990. The molecule has 1 aliphatic heterocycles. The minimum Gasteiger partial charge on any atom is -0.460 e. The average molecular weight is 301 g/mol. The normalized spacial score (nSPS) is 33.8. The van der Waals surface area contributed by atoms with E-state index in [-0.39, 0.29) is 0 Å². The van der Waals surface area contributed by atoms with E-state index in [1.165, 1.54) is 0 Å². The number of anilines is 1. The number of aliphatic hydroxyl groups excluding tert-OH is 3. The molecular formula is C13H19NO5S. The van der Waals surface area contributed by atoms with Crippen molar-refractivity contribution in [2.75, 3.05) is 12.4 Å². The first-order chi connectivity index (χ1) is 9.43. The van der Waals surface area contributed by atoms with Gasteiger partial charge in [0.25, 0.3) is 0 Å². The largest absolute Gasteiger partial charge is 0.460 e. The molecule has 1 aromatic rings. The van der Waals surface area contributed by atoms with Crippen LogP contribution < -0.4 is 10.1 Å². The first kappa shape index (κ1) is 15.4. The summed E-state index contributed by atoms with van der Waals surface area (Å²) in [5, 5.41) is 32.1. The Bertz CT molecular complexity index is 472. The molecule has 2 rings (SSSR count). The predicted molar refractivity (Wildman–Crippen MR) is 77.0 cm³/mol. The molecule has 5 atom stereocenters. The maximum atomic E-state index is 9.89. The summed E-state index contributed by atoms with van der Waals surface area (Å²) in [6.45, 7) is 1.94. The smallest absolute Gasteiger partial charge is 0.230 e. The van der Waals surface area contributed by atoms with Crippen molar-refractivity contribution >= 4 is 18.3 Å².